The molecule has 206 valence electrons. The van der Waals surface area contributed by atoms with E-state index in [2.05, 4.69) is 102 Å². The molecule has 10 heteroatoms. The number of ether oxygens (including phenoxy) is 5. The Kier molecular flexibility index (Phi) is 13.6. The van der Waals surface area contributed by atoms with E-state index in [1.165, 1.54) is 0 Å². The maximum Gasteiger partial charge on any atom is 0.154 e. The van der Waals surface area contributed by atoms with E-state index in [0.29, 0.717) is 6.61 Å². The van der Waals surface area contributed by atoms with Gasteiger partial charge in [-0.15, -0.1) is 0 Å². The molecule has 0 heterocycles. The number of methoxy groups -OCH3 is 3. The number of rotatable bonds is 9. The molecule has 0 unspecified atom stereocenters. The van der Waals surface area contributed by atoms with Gasteiger partial charge < -0.3 is 28.8 Å². The van der Waals surface area contributed by atoms with Crippen LogP contribution < -0.4 is 18.9 Å². The zero-order valence-electron chi connectivity index (χ0n) is 21.3. The number of hydrogen-bond donors (Lipinski definition) is 1. The van der Waals surface area contributed by atoms with Crippen molar-refractivity contribution in [2.24, 2.45) is 0 Å². The van der Waals surface area contributed by atoms with E-state index in [1.807, 2.05) is 60.7 Å². The van der Waals surface area contributed by atoms with E-state index in [4.69, 9.17) is 28.8 Å². The van der Waals surface area contributed by atoms with Gasteiger partial charge in [-0.2, -0.15) is 0 Å². The van der Waals surface area contributed by atoms with Crippen LogP contribution in [0.3, 0.4) is 0 Å². The van der Waals surface area contributed by atoms with Gasteiger partial charge in [-0.1, -0.05) is 0 Å². The molecule has 0 aliphatic rings. The van der Waals surface area contributed by atoms with Crippen LogP contribution in [0.2, 0.25) is 0 Å². The monoisotopic (exact) mass is 978 g/mol. The van der Waals surface area contributed by atoms with Gasteiger partial charge in [0.15, 0.2) is 11.5 Å². The standard InChI is InChI=1S/C15H14I2O3.C14H12I2O3/c1-18-9-10-7-13(16)15(14(17)8-10)20-12-5-3-11(19-2)4-6-12;1-18-10-2-4-11(5-3-10)19-14-12(15)6-9(8-17)7-13(14)16/h3-8H,9H2,1-2H3;2-7,17H,8H2,1H3. The molecule has 0 saturated carbocycles. The molecular weight excluding hydrogens is 952 g/mol. The SMILES string of the molecule is COCc1cc(I)c(Oc2ccc(OC)cc2)c(I)c1.COc1ccc(Oc2c(I)cc(CO)cc2I)cc1. The average Bonchev–Trinajstić information content (AvgIpc) is 2.94. The Labute approximate surface area is 283 Å². The van der Waals surface area contributed by atoms with E-state index in [-0.39, 0.29) is 6.61 Å². The molecule has 0 bridgehead atoms. The van der Waals surface area contributed by atoms with Crippen LogP contribution in [-0.4, -0.2) is 26.4 Å². The molecule has 4 rings (SSSR count). The Hall–Kier alpha value is -1.08. The van der Waals surface area contributed by atoms with Crippen LogP contribution in [0.1, 0.15) is 11.1 Å². The molecule has 0 atom stereocenters. The summed E-state index contributed by atoms with van der Waals surface area (Å²) in [6.45, 7) is 0.642. The highest BCUT2D eigenvalue weighted by Crippen LogP contribution is 2.35. The fourth-order valence-electron chi connectivity index (χ4n) is 3.28. The summed E-state index contributed by atoms with van der Waals surface area (Å²) in [4.78, 5) is 0. The highest BCUT2D eigenvalue weighted by atomic mass is 127. The van der Waals surface area contributed by atoms with Crippen molar-refractivity contribution < 1.29 is 28.8 Å². The van der Waals surface area contributed by atoms with Gasteiger partial charge in [0.25, 0.3) is 0 Å². The number of benzene rings is 4. The normalized spacial score (nSPS) is 10.4. The zero-order chi connectivity index (χ0) is 28.4. The molecule has 0 aliphatic heterocycles. The first kappa shape index (κ1) is 32.4. The summed E-state index contributed by atoms with van der Waals surface area (Å²) in [5.41, 5.74) is 2.03. The van der Waals surface area contributed by atoms with Crippen LogP contribution in [0, 0.1) is 14.3 Å². The van der Waals surface area contributed by atoms with Gasteiger partial charge in [-0.05, 0) is 174 Å². The number of halogens is 4. The highest BCUT2D eigenvalue weighted by molar-refractivity contribution is 14.1. The molecule has 1 N–H and O–H groups in total. The molecule has 0 fully saturated rings. The summed E-state index contributed by atoms with van der Waals surface area (Å²) in [6.07, 6.45) is 0. The third-order valence-electron chi connectivity index (χ3n) is 5.17. The van der Waals surface area contributed by atoms with Gasteiger partial charge in [-0.3, -0.25) is 0 Å². The summed E-state index contributed by atoms with van der Waals surface area (Å²) in [7, 11) is 4.98. The van der Waals surface area contributed by atoms with Crippen molar-refractivity contribution in [2.75, 3.05) is 21.3 Å². The van der Waals surface area contributed by atoms with E-state index in [0.717, 1.165) is 59.9 Å². The highest BCUT2D eigenvalue weighted by Gasteiger charge is 2.11. The lowest BCUT2D eigenvalue weighted by molar-refractivity contribution is 0.184. The Morgan fingerprint density at radius 2 is 0.872 bits per heavy atom. The quantitative estimate of drug-likeness (QED) is 0.169. The van der Waals surface area contributed by atoms with Crippen LogP contribution in [-0.2, 0) is 18.0 Å². The van der Waals surface area contributed by atoms with Crippen molar-refractivity contribution >= 4 is 90.4 Å². The molecular formula is C29H26I4O6. The van der Waals surface area contributed by atoms with Gasteiger partial charge in [0.05, 0.1) is 41.7 Å². The number of aliphatic hydroxyl groups excluding tert-OH is 1. The van der Waals surface area contributed by atoms with Gasteiger partial charge >= 0.3 is 0 Å². The summed E-state index contributed by atoms with van der Waals surface area (Å²) in [5.74, 6) is 4.85. The van der Waals surface area contributed by atoms with Crippen molar-refractivity contribution in [3.05, 3.63) is 98.2 Å². The predicted octanol–water partition coefficient (Wildman–Crippen LogP) is 9.03. The first-order valence-electron chi connectivity index (χ1n) is 11.5. The maximum atomic E-state index is 9.16. The molecule has 6 nitrogen and oxygen atoms in total. The van der Waals surface area contributed by atoms with Crippen molar-refractivity contribution in [3.63, 3.8) is 0 Å². The Morgan fingerprint density at radius 3 is 1.18 bits per heavy atom. The van der Waals surface area contributed by atoms with E-state index >= 15 is 0 Å². The van der Waals surface area contributed by atoms with Crippen LogP contribution in [0.25, 0.3) is 0 Å². The second kappa shape index (κ2) is 16.4. The number of hydrogen-bond acceptors (Lipinski definition) is 6. The molecule has 0 aromatic heterocycles. The van der Waals surface area contributed by atoms with Crippen molar-refractivity contribution in [1.29, 1.82) is 0 Å². The minimum Gasteiger partial charge on any atom is -0.497 e. The smallest absolute Gasteiger partial charge is 0.154 e. The first-order chi connectivity index (χ1) is 18.8. The third-order valence-corrected chi connectivity index (χ3v) is 8.37. The fraction of sp³-hybridized carbons (Fsp3) is 0.172. The van der Waals surface area contributed by atoms with Crippen LogP contribution in [0.5, 0.6) is 34.5 Å². The zero-order valence-corrected chi connectivity index (χ0v) is 30.0. The van der Waals surface area contributed by atoms with E-state index in [1.54, 1.807) is 21.3 Å². The first-order valence-corrected chi connectivity index (χ1v) is 15.8. The van der Waals surface area contributed by atoms with E-state index in [9.17, 15) is 0 Å². The molecule has 39 heavy (non-hydrogen) atoms. The second-order valence-corrected chi connectivity index (χ2v) is 12.6. The third kappa shape index (κ3) is 9.76. The largest absolute Gasteiger partial charge is 0.497 e. The van der Waals surface area contributed by atoms with Gasteiger partial charge in [0, 0.05) is 7.11 Å². The van der Waals surface area contributed by atoms with Crippen molar-refractivity contribution in [3.8, 4) is 34.5 Å². The molecule has 0 aliphatic carbocycles. The Morgan fingerprint density at radius 1 is 0.538 bits per heavy atom. The summed E-state index contributed by atoms with van der Waals surface area (Å²) < 4.78 is 31.3. The summed E-state index contributed by atoms with van der Waals surface area (Å²) >= 11 is 8.98. The summed E-state index contributed by atoms with van der Waals surface area (Å²) in [5, 5.41) is 9.16. The van der Waals surface area contributed by atoms with Gasteiger partial charge in [-0.25, -0.2) is 0 Å². The van der Waals surface area contributed by atoms with Crippen LogP contribution in [0.15, 0.2) is 72.8 Å². The minimum atomic E-state index is 0.0365. The van der Waals surface area contributed by atoms with Crippen molar-refractivity contribution in [1.82, 2.24) is 0 Å². The van der Waals surface area contributed by atoms with Crippen LogP contribution >= 0.6 is 90.4 Å². The van der Waals surface area contributed by atoms with Gasteiger partial charge in [0.1, 0.15) is 23.0 Å². The van der Waals surface area contributed by atoms with Crippen LogP contribution in [0.4, 0.5) is 0 Å². The molecule has 0 saturated heterocycles. The Bertz CT molecular complexity index is 1320. The fourth-order valence-corrected chi connectivity index (χ4v) is 7.52. The van der Waals surface area contributed by atoms with Crippen molar-refractivity contribution in [2.45, 2.75) is 13.2 Å². The molecule has 0 radical (unpaired) electrons. The molecule has 4 aromatic carbocycles. The van der Waals surface area contributed by atoms with E-state index < -0.39 is 0 Å². The lowest BCUT2D eigenvalue weighted by Gasteiger charge is -2.12. The van der Waals surface area contributed by atoms with Gasteiger partial charge in [0.2, 0.25) is 0 Å². The second-order valence-electron chi connectivity index (χ2n) is 7.92. The predicted molar refractivity (Wildman–Crippen MR) is 187 cm³/mol. The molecule has 4 aromatic rings. The minimum absolute atomic E-state index is 0.0365. The topological polar surface area (TPSA) is 66.4 Å². The lowest BCUT2D eigenvalue weighted by Crippen LogP contribution is -1.95. The molecule has 0 spiro atoms. The number of aliphatic hydroxyl groups is 1. The Balaban J connectivity index is 0.000000216. The lowest BCUT2D eigenvalue weighted by atomic mass is 10.2. The molecule has 0 amide bonds. The maximum absolute atomic E-state index is 9.16. The average molecular weight is 978 g/mol. The summed E-state index contributed by atoms with van der Waals surface area (Å²) in [6, 6.07) is 23.0.